The van der Waals surface area contributed by atoms with Gasteiger partial charge in [-0.2, -0.15) is 0 Å². The molecule has 2 atom stereocenters. The van der Waals surface area contributed by atoms with Gasteiger partial charge in [0, 0.05) is 18.0 Å². The van der Waals surface area contributed by atoms with Crippen LogP contribution in [0.15, 0.2) is 0 Å². The van der Waals surface area contributed by atoms with Crippen molar-refractivity contribution in [2.45, 2.75) is 118 Å². The van der Waals surface area contributed by atoms with Gasteiger partial charge in [-0.15, -0.1) is 0 Å². The van der Waals surface area contributed by atoms with E-state index in [0.29, 0.717) is 18.0 Å². The van der Waals surface area contributed by atoms with E-state index in [-0.39, 0.29) is 5.92 Å². The second kappa shape index (κ2) is 13.0. The highest BCUT2D eigenvalue weighted by molar-refractivity contribution is 5.78. The van der Waals surface area contributed by atoms with Crippen LogP contribution in [0.5, 0.6) is 0 Å². The normalized spacial score (nSPS) is 14.1. The van der Waals surface area contributed by atoms with Crippen LogP contribution in [0.2, 0.25) is 0 Å². The van der Waals surface area contributed by atoms with Crippen molar-refractivity contribution in [2.75, 3.05) is 0 Å². The minimum atomic E-state index is 0.113. The summed E-state index contributed by atoms with van der Waals surface area (Å²) in [4.78, 5) is 15.3. The van der Waals surface area contributed by atoms with E-state index in [1.54, 1.807) is 0 Å². The van der Waals surface area contributed by atoms with Crippen molar-refractivity contribution in [2.24, 2.45) is 5.92 Å². The lowest BCUT2D eigenvalue weighted by atomic mass is 9.95. The lowest BCUT2D eigenvalue weighted by Gasteiger charge is -2.40. The second-order valence-electron chi connectivity index (χ2n) is 7.07. The first-order valence-electron chi connectivity index (χ1n) is 9.85. The summed E-state index contributed by atoms with van der Waals surface area (Å²) in [6.45, 7) is 13.1. The van der Waals surface area contributed by atoms with Crippen LogP contribution in [-0.4, -0.2) is 22.9 Å². The highest BCUT2D eigenvalue weighted by atomic mass is 16.2. The standard InChI is InChI=1S/C20H41NO/c1-7-11-15-18(13-9-3)21(20(22)17(5)6)19(14-10-4)16-12-8-2/h17-19H,7-16H2,1-6H3. The summed E-state index contributed by atoms with van der Waals surface area (Å²) < 4.78 is 0. The largest absolute Gasteiger partial charge is 0.337 e. The number of hydrogen-bond donors (Lipinski definition) is 0. The molecule has 0 rings (SSSR count). The van der Waals surface area contributed by atoms with E-state index in [4.69, 9.17) is 0 Å². The Bertz CT molecular complexity index is 257. The van der Waals surface area contributed by atoms with E-state index in [2.05, 4.69) is 46.4 Å². The molecule has 0 aliphatic carbocycles. The summed E-state index contributed by atoms with van der Waals surface area (Å²) in [6, 6.07) is 0.904. The number of hydrogen-bond acceptors (Lipinski definition) is 1. The molecular weight excluding hydrogens is 270 g/mol. The summed E-state index contributed by atoms with van der Waals surface area (Å²) in [5.74, 6) is 0.492. The Balaban J connectivity index is 5.27. The summed E-state index contributed by atoms with van der Waals surface area (Å²) in [5.41, 5.74) is 0. The Morgan fingerprint density at radius 1 is 0.727 bits per heavy atom. The predicted molar refractivity (Wildman–Crippen MR) is 98.1 cm³/mol. The van der Waals surface area contributed by atoms with E-state index in [9.17, 15) is 4.79 Å². The van der Waals surface area contributed by atoms with Crippen LogP contribution in [0.4, 0.5) is 0 Å². The van der Waals surface area contributed by atoms with E-state index < -0.39 is 0 Å². The van der Waals surface area contributed by atoms with Gasteiger partial charge in [0.15, 0.2) is 0 Å². The van der Waals surface area contributed by atoms with Crippen LogP contribution in [-0.2, 0) is 4.79 Å². The summed E-state index contributed by atoms with van der Waals surface area (Å²) in [6.07, 6.45) is 11.9. The molecular formula is C20H41NO. The molecule has 0 aliphatic heterocycles. The minimum Gasteiger partial charge on any atom is -0.337 e. The van der Waals surface area contributed by atoms with Crippen molar-refractivity contribution in [3.8, 4) is 0 Å². The number of unbranched alkanes of at least 4 members (excludes halogenated alkanes) is 2. The number of rotatable bonds is 13. The fourth-order valence-corrected chi connectivity index (χ4v) is 3.35. The Kier molecular flexibility index (Phi) is 12.6. The Morgan fingerprint density at radius 2 is 1.14 bits per heavy atom. The smallest absolute Gasteiger partial charge is 0.225 e. The Morgan fingerprint density at radius 3 is 1.41 bits per heavy atom. The molecule has 0 radical (unpaired) electrons. The highest BCUT2D eigenvalue weighted by Gasteiger charge is 2.30. The van der Waals surface area contributed by atoms with Gasteiger partial charge in [0.25, 0.3) is 0 Å². The van der Waals surface area contributed by atoms with Gasteiger partial charge >= 0.3 is 0 Å². The summed E-state index contributed by atoms with van der Waals surface area (Å²) in [5, 5.41) is 0. The zero-order chi connectivity index (χ0) is 17.0. The zero-order valence-corrected chi connectivity index (χ0v) is 16.2. The third-order valence-electron chi connectivity index (χ3n) is 4.56. The number of nitrogens with zero attached hydrogens (tertiary/aromatic N) is 1. The van der Waals surface area contributed by atoms with Crippen molar-refractivity contribution >= 4 is 5.91 Å². The molecule has 0 heterocycles. The molecule has 0 spiro atoms. The maximum atomic E-state index is 12.9. The minimum absolute atomic E-state index is 0.113. The van der Waals surface area contributed by atoms with E-state index in [1.165, 1.54) is 51.4 Å². The van der Waals surface area contributed by atoms with Gasteiger partial charge < -0.3 is 4.90 Å². The fraction of sp³-hybridized carbons (Fsp3) is 0.950. The predicted octanol–water partition coefficient (Wildman–Crippen LogP) is 6.19. The Hall–Kier alpha value is -0.530. The molecule has 22 heavy (non-hydrogen) atoms. The quantitative estimate of drug-likeness (QED) is 0.397. The molecule has 0 N–H and O–H groups in total. The van der Waals surface area contributed by atoms with Crippen LogP contribution < -0.4 is 0 Å². The molecule has 1 amide bonds. The van der Waals surface area contributed by atoms with Crippen molar-refractivity contribution < 1.29 is 4.79 Å². The average Bonchev–Trinajstić information content (AvgIpc) is 2.49. The van der Waals surface area contributed by atoms with Gasteiger partial charge in [-0.1, -0.05) is 80.1 Å². The van der Waals surface area contributed by atoms with Crippen LogP contribution in [0, 0.1) is 5.92 Å². The van der Waals surface area contributed by atoms with Gasteiger partial charge in [0.05, 0.1) is 0 Å². The third kappa shape index (κ3) is 7.65. The molecule has 0 saturated heterocycles. The molecule has 0 aromatic rings. The molecule has 0 aromatic carbocycles. The molecule has 0 fully saturated rings. The molecule has 0 bridgehead atoms. The van der Waals surface area contributed by atoms with Crippen molar-refractivity contribution in [3.63, 3.8) is 0 Å². The molecule has 0 saturated carbocycles. The summed E-state index contributed by atoms with van der Waals surface area (Å²) >= 11 is 0. The van der Waals surface area contributed by atoms with E-state index in [0.717, 1.165) is 12.8 Å². The van der Waals surface area contributed by atoms with Gasteiger partial charge in [-0.25, -0.2) is 0 Å². The van der Waals surface area contributed by atoms with E-state index >= 15 is 0 Å². The fourth-order valence-electron chi connectivity index (χ4n) is 3.35. The maximum absolute atomic E-state index is 12.9. The molecule has 0 aliphatic rings. The van der Waals surface area contributed by atoms with Crippen LogP contribution in [0.25, 0.3) is 0 Å². The first kappa shape index (κ1) is 21.5. The monoisotopic (exact) mass is 311 g/mol. The second-order valence-corrected chi connectivity index (χ2v) is 7.07. The van der Waals surface area contributed by atoms with Crippen molar-refractivity contribution in [1.82, 2.24) is 4.90 Å². The first-order chi connectivity index (χ1) is 10.5. The van der Waals surface area contributed by atoms with Gasteiger partial charge in [0.1, 0.15) is 0 Å². The number of amides is 1. The van der Waals surface area contributed by atoms with Gasteiger partial charge in [0.2, 0.25) is 5.91 Å². The molecule has 2 heteroatoms. The Labute approximate surface area is 140 Å². The van der Waals surface area contributed by atoms with Crippen LogP contribution >= 0.6 is 0 Å². The van der Waals surface area contributed by atoms with E-state index in [1.807, 2.05) is 0 Å². The zero-order valence-electron chi connectivity index (χ0n) is 16.2. The van der Waals surface area contributed by atoms with Gasteiger partial charge in [-0.05, 0) is 25.7 Å². The first-order valence-corrected chi connectivity index (χ1v) is 9.85. The SMILES string of the molecule is CCCCC(CCC)N(C(=O)C(C)C)C(CCC)CCCC. The summed E-state index contributed by atoms with van der Waals surface area (Å²) in [7, 11) is 0. The third-order valence-corrected chi connectivity index (χ3v) is 4.56. The lowest BCUT2D eigenvalue weighted by Crippen LogP contribution is -2.49. The number of carbonyl (C=O) groups is 1. The molecule has 2 nitrogen and oxygen atoms in total. The highest BCUT2D eigenvalue weighted by Crippen LogP contribution is 2.25. The molecule has 2 unspecified atom stereocenters. The molecule has 0 aromatic heterocycles. The van der Waals surface area contributed by atoms with Crippen LogP contribution in [0.1, 0.15) is 106 Å². The topological polar surface area (TPSA) is 20.3 Å². The average molecular weight is 312 g/mol. The van der Waals surface area contributed by atoms with Crippen molar-refractivity contribution in [3.05, 3.63) is 0 Å². The molecule has 132 valence electrons. The lowest BCUT2D eigenvalue weighted by molar-refractivity contribution is -0.140. The maximum Gasteiger partial charge on any atom is 0.225 e. The van der Waals surface area contributed by atoms with Crippen LogP contribution in [0.3, 0.4) is 0 Å². The van der Waals surface area contributed by atoms with Gasteiger partial charge in [-0.3, -0.25) is 4.79 Å². The van der Waals surface area contributed by atoms with Crippen molar-refractivity contribution in [1.29, 1.82) is 0 Å². The number of carbonyl (C=O) groups excluding carboxylic acids is 1.